The second-order valence-corrected chi connectivity index (χ2v) is 6.62. The molecule has 0 N–H and O–H groups in total. The van der Waals surface area contributed by atoms with E-state index in [1.54, 1.807) is 7.11 Å². The minimum atomic E-state index is 0.881. The number of fused-ring (bicyclic) bond motifs is 5. The Kier molecular flexibility index (Phi) is 3.45. The number of pyridine rings is 2. The first-order chi connectivity index (χ1) is 12.8. The van der Waals surface area contributed by atoms with Crippen LogP contribution in [0.5, 0.6) is 5.75 Å². The number of nitrogens with zero attached hydrogens (tertiary/aromatic N) is 2. The first-order valence-corrected chi connectivity index (χ1v) is 8.94. The number of aryl methyl sites for hydroxylation is 2. The summed E-state index contributed by atoms with van der Waals surface area (Å²) >= 11 is 0. The second-order valence-electron chi connectivity index (χ2n) is 6.62. The van der Waals surface area contributed by atoms with E-state index in [4.69, 9.17) is 4.74 Å². The Balaban J connectivity index is 1.82. The maximum absolute atomic E-state index is 5.32. The lowest BCUT2D eigenvalue weighted by Crippen LogP contribution is -2.53. The van der Waals surface area contributed by atoms with Crippen molar-refractivity contribution in [1.29, 1.82) is 0 Å². The van der Waals surface area contributed by atoms with Crippen LogP contribution in [0, 0.1) is 0 Å². The zero-order valence-corrected chi connectivity index (χ0v) is 14.7. The molecule has 3 heteroatoms. The van der Waals surface area contributed by atoms with Crippen LogP contribution in [-0.2, 0) is 13.1 Å². The average molecular weight is 340 g/mol. The molecule has 0 amide bonds. The fourth-order valence-electron chi connectivity index (χ4n) is 3.93. The van der Waals surface area contributed by atoms with Gasteiger partial charge in [-0.1, -0.05) is 24.3 Å². The van der Waals surface area contributed by atoms with Gasteiger partial charge in [0.2, 0.25) is 18.6 Å². The number of methoxy groups -OCH3 is 1. The van der Waals surface area contributed by atoms with Crippen LogP contribution in [-0.4, -0.2) is 7.11 Å². The lowest BCUT2D eigenvalue weighted by atomic mass is 9.98. The van der Waals surface area contributed by atoms with Gasteiger partial charge in [0.25, 0.3) is 11.4 Å². The molecule has 4 aromatic rings. The summed E-state index contributed by atoms with van der Waals surface area (Å²) in [4.78, 5) is 0. The monoisotopic (exact) mass is 340 g/mol. The van der Waals surface area contributed by atoms with Crippen molar-refractivity contribution in [3.8, 4) is 28.3 Å². The minimum Gasteiger partial charge on any atom is -0.497 e. The van der Waals surface area contributed by atoms with E-state index in [0.717, 1.165) is 18.8 Å². The van der Waals surface area contributed by atoms with Crippen LogP contribution in [0.1, 0.15) is 0 Å². The third-order valence-electron chi connectivity index (χ3n) is 5.23. The molecule has 0 fully saturated rings. The Morgan fingerprint density at radius 2 is 1.62 bits per heavy atom. The summed E-state index contributed by atoms with van der Waals surface area (Å²) in [5.41, 5.74) is 6.27. The van der Waals surface area contributed by atoms with Crippen molar-refractivity contribution in [3.05, 3.63) is 79.0 Å². The fourth-order valence-corrected chi connectivity index (χ4v) is 3.93. The van der Waals surface area contributed by atoms with E-state index >= 15 is 0 Å². The van der Waals surface area contributed by atoms with E-state index in [2.05, 4.69) is 76.0 Å². The van der Waals surface area contributed by atoms with E-state index in [1.165, 1.54) is 33.4 Å². The topological polar surface area (TPSA) is 17.0 Å². The van der Waals surface area contributed by atoms with Gasteiger partial charge in [-0.25, -0.2) is 0 Å². The van der Waals surface area contributed by atoms with Crippen LogP contribution >= 0.6 is 0 Å². The molecule has 126 valence electrons. The van der Waals surface area contributed by atoms with Crippen molar-refractivity contribution in [2.45, 2.75) is 13.1 Å². The highest BCUT2D eigenvalue weighted by atomic mass is 16.5. The van der Waals surface area contributed by atoms with E-state index in [9.17, 15) is 0 Å². The standard InChI is InChI=1S/C23H20N2O/c1-26-18-11-9-17(10-12-18)20-16-23-22-8-4-5-13-24(22)14-15-25(23)21-7-3-2-6-19(20)21/h2-13,16H,14-15H2,1H3/q+2. The Labute approximate surface area is 152 Å². The molecule has 3 heterocycles. The fraction of sp³-hybridized carbons (Fsp3) is 0.130. The Hall–Kier alpha value is -3.20. The normalized spacial score (nSPS) is 12.5. The zero-order valence-electron chi connectivity index (χ0n) is 14.7. The van der Waals surface area contributed by atoms with Crippen LogP contribution < -0.4 is 13.9 Å². The van der Waals surface area contributed by atoms with Crippen molar-refractivity contribution < 1.29 is 13.9 Å². The smallest absolute Gasteiger partial charge is 0.278 e. The highest BCUT2D eigenvalue weighted by Gasteiger charge is 2.32. The molecular formula is C23H20N2O+2. The first kappa shape index (κ1) is 15.1. The van der Waals surface area contributed by atoms with Crippen LogP contribution in [0.25, 0.3) is 33.4 Å². The van der Waals surface area contributed by atoms with Gasteiger partial charge in [0.1, 0.15) is 5.75 Å². The second kappa shape index (κ2) is 5.95. The Morgan fingerprint density at radius 1 is 0.808 bits per heavy atom. The SMILES string of the molecule is COc1ccc(-c2cc3[n+](c4ccccc24)CC[n+]2ccccc2-3)cc1. The highest BCUT2D eigenvalue weighted by molar-refractivity contribution is 5.94. The lowest BCUT2D eigenvalue weighted by Gasteiger charge is -2.14. The molecule has 0 bridgehead atoms. The van der Waals surface area contributed by atoms with Crippen LogP contribution in [0.15, 0.2) is 79.0 Å². The minimum absolute atomic E-state index is 0.881. The van der Waals surface area contributed by atoms with Gasteiger partial charge in [-0.2, -0.15) is 9.13 Å². The number of aromatic nitrogens is 2. The van der Waals surface area contributed by atoms with Gasteiger partial charge in [0.05, 0.1) is 12.5 Å². The largest absolute Gasteiger partial charge is 0.497 e. The van der Waals surface area contributed by atoms with Gasteiger partial charge in [-0.05, 0) is 29.8 Å². The summed E-state index contributed by atoms with van der Waals surface area (Å²) in [6.07, 6.45) is 2.17. The van der Waals surface area contributed by atoms with Crippen molar-refractivity contribution in [2.75, 3.05) is 7.11 Å². The van der Waals surface area contributed by atoms with Gasteiger partial charge in [-0.3, -0.25) is 0 Å². The van der Waals surface area contributed by atoms with Crippen molar-refractivity contribution in [2.24, 2.45) is 0 Å². The molecule has 2 aromatic heterocycles. The molecule has 1 aliphatic rings. The van der Waals surface area contributed by atoms with E-state index in [0.29, 0.717) is 0 Å². The van der Waals surface area contributed by atoms with Crippen LogP contribution in [0.4, 0.5) is 0 Å². The average Bonchev–Trinajstić information content (AvgIpc) is 2.73. The lowest BCUT2D eigenvalue weighted by molar-refractivity contribution is -0.783. The van der Waals surface area contributed by atoms with E-state index in [1.807, 2.05) is 12.1 Å². The molecule has 0 saturated heterocycles. The summed E-state index contributed by atoms with van der Waals surface area (Å²) in [6.45, 7) is 1.99. The summed E-state index contributed by atoms with van der Waals surface area (Å²) in [7, 11) is 1.70. The van der Waals surface area contributed by atoms with Crippen LogP contribution in [0.2, 0.25) is 0 Å². The molecule has 0 unspecified atom stereocenters. The predicted molar refractivity (Wildman–Crippen MR) is 102 cm³/mol. The summed E-state index contributed by atoms with van der Waals surface area (Å²) in [6, 6.07) is 25.8. The third kappa shape index (κ3) is 2.28. The molecular weight excluding hydrogens is 320 g/mol. The molecule has 3 nitrogen and oxygen atoms in total. The van der Waals surface area contributed by atoms with Gasteiger partial charge in [-0.15, -0.1) is 0 Å². The predicted octanol–water partition coefficient (Wildman–Crippen LogP) is 3.77. The van der Waals surface area contributed by atoms with E-state index < -0.39 is 0 Å². The molecule has 0 atom stereocenters. The Bertz CT molecular complexity index is 1120. The number of benzene rings is 2. The number of hydrogen-bond acceptors (Lipinski definition) is 1. The van der Waals surface area contributed by atoms with Crippen molar-refractivity contribution in [1.82, 2.24) is 0 Å². The molecule has 26 heavy (non-hydrogen) atoms. The Morgan fingerprint density at radius 3 is 2.46 bits per heavy atom. The third-order valence-corrected chi connectivity index (χ3v) is 5.23. The van der Waals surface area contributed by atoms with Crippen molar-refractivity contribution in [3.63, 3.8) is 0 Å². The molecule has 0 saturated carbocycles. The maximum atomic E-state index is 5.32. The number of ether oxygens (including phenoxy) is 1. The van der Waals surface area contributed by atoms with Gasteiger partial charge in [0.15, 0.2) is 6.20 Å². The molecule has 2 aromatic carbocycles. The molecule has 0 radical (unpaired) electrons. The van der Waals surface area contributed by atoms with Gasteiger partial charge >= 0.3 is 0 Å². The summed E-state index contributed by atoms with van der Waals surface area (Å²) in [5, 5.41) is 1.28. The van der Waals surface area contributed by atoms with Gasteiger partial charge < -0.3 is 4.74 Å². The zero-order chi connectivity index (χ0) is 17.5. The summed E-state index contributed by atoms with van der Waals surface area (Å²) in [5.74, 6) is 0.881. The number of rotatable bonds is 2. The van der Waals surface area contributed by atoms with Crippen molar-refractivity contribution >= 4 is 10.9 Å². The summed E-state index contributed by atoms with van der Waals surface area (Å²) < 4.78 is 10.1. The molecule has 1 aliphatic heterocycles. The van der Waals surface area contributed by atoms with Gasteiger partial charge in [0, 0.05) is 29.8 Å². The van der Waals surface area contributed by atoms with Crippen LogP contribution in [0.3, 0.4) is 0 Å². The molecule has 5 rings (SSSR count). The molecule has 0 aliphatic carbocycles. The number of para-hydroxylation sites is 1. The maximum Gasteiger partial charge on any atom is 0.278 e. The molecule has 0 spiro atoms. The first-order valence-electron chi connectivity index (χ1n) is 8.94. The van der Waals surface area contributed by atoms with E-state index in [-0.39, 0.29) is 0 Å². The number of hydrogen-bond donors (Lipinski definition) is 0. The quantitative estimate of drug-likeness (QED) is 0.508. The highest BCUT2D eigenvalue weighted by Crippen LogP contribution is 2.32.